The fraction of sp³-hybridized carbons (Fsp3) is 0.606. The van der Waals surface area contributed by atoms with Crippen LogP contribution in [0.4, 0.5) is 0 Å². The number of ether oxygens (including phenoxy) is 7. The number of benzene rings is 4. The molecule has 0 bridgehead atoms. The molecule has 0 aliphatic carbocycles. The smallest absolute Gasteiger partial charge is 0.261 e. The van der Waals surface area contributed by atoms with Gasteiger partial charge in [0.15, 0.2) is 8.32 Å². The predicted octanol–water partition coefficient (Wildman–Crippen LogP) is 14.4. The first-order valence-corrected chi connectivity index (χ1v) is 34.2. The van der Waals surface area contributed by atoms with Gasteiger partial charge in [-0.15, -0.1) is 0 Å². The van der Waals surface area contributed by atoms with Gasteiger partial charge in [-0.1, -0.05) is 152 Å². The lowest BCUT2D eigenvalue weighted by molar-refractivity contribution is -0.208. The number of allylic oxidation sites excluding steroid dienone is 1. The average Bonchev–Trinajstić information content (AvgIpc) is 3.79. The molecule has 4 aliphatic heterocycles. The van der Waals surface area contributed by atoms with Crippen molar-refractivity contribution >= 4 is 27.0 Å². The fourth-order valence-corrected chi connectivity index (χ4v) is 18.8. The van der Waals surface area contributed by atoms with Crippen molar-refractivity contribution in [3.05, 3.63) is 138 Å². The Morgan fingerprint density at radius 2 is 1.29 bits per heavy atom. The van der Waals surface area contributed by atoms with E-state index in [0.29, 0.717) is 38.8 Å². The van der Waals surface area contributed by atoms with E-state index in [2.05, 4.69) is 179 Å². The predicted molar refractivity (Wildman–Crippen MR) is 316 cm³/mol. The van der Waals surface area contributed by atoms with Gasteiger partial charge in [0, 0.05) is 19.6 Å². The van der Waals surface area contributed by atoms with Gasteiger partial charge in [-0.05, 0) is 153 Å². The molecule has 77 heavy (non-hydrogen) atoms. The molecule has 422 valence electrons. The molecule has 0 spiro atoms. The minimum Gasteiger partial charge on any atom is -0.497 e. The van der Waals surface area contributed by atoms with Crippen molar-refractivity contribution in [3.8, 4) is 5.75 Å². The molecule has 0 radical (unpaired) electrons. The topological polar surface area (TPSA) is 83.1 Å². The van der Waals surface area contributed by atoms with E-state index in [-0.39, 0.29) is 52.8 Å². The summed E-state index contributed by atoms with van der Waals surface area (Å²) in [5.74, 6) is 2.15. The van der Waals surface area contributed by atoms with E-state index in [1.807, 2.05) is 18.2 Å². The zero-order valence-electron chi connectivity index (χ0n) is 49.2. The van der Waals surface area contributed by atoms with Crippen LogP contribution in [0.3, 0.4) is 0 Å². The Kier molecular flexibility index (Phi) is 20.0. The number of hydrogen-bond acceptors (Lipinski definition) is 9. The van der Waals surface area contributed by atoms with Crippen LogP contribution < -0.4 is 15.1 Å². The Bertz CT molecular complexity index is 2400. The second kappa shape index (κ2) is 25.9. The van der Waals surface area contributed by atoms with Crippen LogP contribution in [-0.4, -0.2) is 90.9 Å². The third-order valence-corrected chi connectivity index (χ3v) is 27.7. The number of fused-ring (bicyclic) bond motifs is 2. The summed E-state index contributed by atoms with van der Waals surface area (Å²) in [5.41, 5.74) is 1.40. The molecular formula is C66H96O9Si2. The Morgan fingerprint density at radius 1 is 0.662 bits per heavy atom. The zero-order chi connectivity index (χ0) is 54.9. The Morgan fingerprint density at radius 3 is 1.92 bits per heavy atom. The summed E-state index contributed by atoms with van der Waals surface area (Å²) in [6.07, 6.45) is 11.9. The SMILES string of the molecule is COc1ccc(CO[C@@H]2CC[C@@H]3O[C@H](CCCOCc4ccccc4)[C@@](C)(O[Si](C)(C)C(C)(C)C)CC[C@H]3O[C@H]2CC2=CCC[C@@]3(C)O[C@@H](CCCO[Si](c4ccccc4)(c4ccccc4)C(C)(C)C)[C@@H](C)C[C@@H]3O2)cc1. The van der Waals surface area contributed by atoms with Gasteiger partial charge in [-0.25, -0.2) is 0 Å². The second-order valence-electron chi connectivity index (χ2n) is 25.9. The summed E-state index contributed by atoms with van der Waals surface area (Å²) in [6.45, 7) is 28.2. The monoisotopic (exact) mass is 1090 g/mol. The normalized spacial score (nSPS) is 28.4. The fourth-order valence-electron chi connectivity index (χ4n) is 12.5. The van der Waals surface area contributed by atoms with Gasteiger partial charge in [-0.3, -0.25) is 0 Å². The highest BCUT2D eigenvalue weighted by molar-refractivity contribution is 6.99. The molecule has 4 aromatic carbocycles. The van der Waals surface area contributed by atoms with Crippen LogP contribution in [0.5, 0.6) is 5.75 Å². The molecular weight excluding hydrogens is 993 g/mol. The molecule has 4 heterocycles. The lowest BCUT2D eigenvalue weighted by Crippen LogP contribution is -2.66. The Hall–Kier alpha value is -3.63. The van der Waals surface area contributed by atoms with Crippen molar-refractivity contribution in [2.45, 2.75) is 230 Å². The highest BCUT2D eigenvalue weighted by atomic mass is 28.4. The molecule has 3 saturated heterocycles. The van der Waals surface area contributed by atoms with E-state index in [1.54, 1.807) is 7.11 Å². The van der Waals surface area contributed by atoms with Gasteiger partial charge < -0.3 is 42.0 Å². The third kappa shape index (κ3) is 14.7. The van der Waals surface area contributed by atoms with Gasteiger partial charge in [0.2, 0.25) is 0 Å². The van der Waals surface area contributed by atoms with E-state index in [9.17, 15) is 0 Å². The molecule has 0 aromatic heterocycles. The molecule has 8 rings (SSSR count). The van der Waals surface area contributed by atoms with Crippen LogP contribution >= 0.6 is 0 Å². The molecule has 3 fully saturated rings. The molecule has 0 unspecified atom stereocenters. The van der Waals surface area contributed by atoms with Crippen molar-refractivity contribution in [2.75, 3.05) is 20.3 Å². The molecule has 10 atom stereocenters. The van der Waals surface area contributed by atoms with E-state index in [1.165, 1.54) is 15.9 Å². The number of methoxy groups -OCH3 is 1. The first kappa shape index (κ1) is 59.5. The first-order chi connectivity index (χ1) is 36.7. The summed E-state index contributed by atoms with van der Waals surface area (Å²) in [7, 11) is -3.11. The maximum Gasteiger partial charge on any atom is 0.261 e. The van der Waals surface area contributed by atoms with Gasteiger partial charge in [0.1, 0.15) is 17.5 Å². The lowest BCUT2D eigenvalue weighted by Gasteiger charge is -2.47. The van der Waals surface area contributed by atoms with Crippen LogP contribution in [0.25, 0.3) is 0 Å². The van der Waals surface area contributed by atoms with E-state index in [4.69, 9.17) is 42.0 Å². The molecule has 0 saturated carbocycles. The highest BCUT2D eigenvalue weighted by Crippen LogP contribution is 2.47. The van der Waals surface area contributed by atoms with E-state index in [0.717, 1.165) is 87.7 Å². The maximum absolute atomic E-state index is 7.47. The van der Waals surface area contributed by atoms with Gasteiger partial charge in [0.05, 0.1) is 68.3 Å². The minimum atomic E-state index is -2.62. The van der Waals surface area contributed by atoms with Crippen LogP contribution in [-0.2, 0) is 50.5 Å². The molecule has 4 aromatic rings. The summed E-state index contributed by atoms with van der Waals surface area (Å²) >= 11 is 0. The van der Waals surface area contributed by atoms with Crippen molar-refractivity contribution in [2.24, 2.45) is 5.92 Å². The first-order valence-electron chi connectivity index (χ1n) is 29.4. The highest BCUT2D eigenvalue weighted by Gasteiger charge is 2.53. The molecule has 0 amide bonds. The van der Waals surface area contributed by atoms with Crippen LogP contribution in [0.1, 0.15) is 150 Å². The number of hydrogen-bond donors (Lipinski definition) is 0. The molecule has 0 N–H and O–H groups in total. The van der Waals surface area contributed by atoms with Gasteiger partial charge in [0.25, 0.3) is 8.32 Å². The third-order valence-electron chi connectivity index (χ3n) is 18.0. The average molecular weight is 1090 g/mol. The summed E-state index contributed by atoms with van der Waals surface area (Å²) < 4.78 is 62.8. The zero-order valence-corrected chi connectivity index (χ0v) is 51.2. The van der Waals surface area contributed by atoms with E-state index < -0.39 is 27.8 Å². The van der Waals surface area contributed by atoms with Gasteiger partial charge >= 0.3 is 0 Å². The number of rotatable bonds is 21. The van der Waals surface area contributed by atoms with E-state index >= 15 is 0 Å². The summed E-state index contributed by atoms with van der Waals surface area (Å²) in [6, 6.07) is 40.6. The Labute approximate surface area is 466 Å². The summed E-state index contributed by atoms with van der Waals surface area (Å²) in [5, 5.41) is 2.62. The molecule has 4 aliphatic rings. The van der Waals surface area contributed by atoms with Gasteiger partial charge in [-0.2, -0.15) is 0 Å². The largest absolute Gasteiger partial charge is 0.497 e. The standard InChI is InChI=1S/C66H96O9Si2/c1-49-45-62-65(8,74-56(49)32-23-44-70-77(64(5,6)7,54-28-18-14-19-29-54)55-30-20-15-21-31-55)41-22-27-53(71-62)46-60-57(69-48-51-34-36-52(67-10)37-35-51)38-39-58-59(72-60)40-42-66(9,75-76(11,12)63(2,3)4)61(73-58)33-24-43-68-47-50-25-16-13-17-26-50/h13-21,25-31,34-37,49,56-62H,22-24,32-33,38-48H2,1-12H3/t49-,56-,57+,58-,59+,60-,61+,62-,65+,66-/m0/s1. The van der Waals surface area contributed by atoms with Crippen molar-refractivity contribution < 1.29 is 42.0 Å². The summed E-state index contributed by atoms with van der Waals surface area (Å²) in [4.78, 5) is 0. The van der Waals surface area contributed by atoms with Crippen LogP contribution in [0, 0.1) is 5.92 Å². The quantitative estimate of drug-likeness (QED) is 0.0598. The minimum absolute atomic E-state index is 0.0537. The van der Waals surface area contributed by atoms with Crippen LogP contribution in [0.15, 0.2) is 127 Å². The van der Waals surface area contributed by atoms with Crippen LogP contribution in [0.2, 0.25) is 23.2 Å². The second-order valence-corrected chi connectivity index (χ2v) is 34.9. The van der Waals surface area contributed by atoms with Crippen molar-refractivity contribution in [3.63, 3.8) is 0 Å². The van der Waals surface area contributed by atoms with Crippen molar-refractivity contribution in [1.82, 2.24) is 0 Å². The lowest BCUT2D eigenvalue weighted by atomic mass is 9.81. The Balaban J connectivity index is 0.954. The maximum atomic E-state index is 7.47. The molecule has 11 heteroatoms. The van der Waals surface area contributed by atoms with Crippen molar-refractivity contribution in [1.29, 1.82) is 0 Å². The molecule has 9 nitrogen and oxygen atoms in total.